The van der Waals surface area contributed by atoms with Crippen LogP contribution in [-0.4, -0.2) is 34.2 Å². The van der Waals surface area contributed by atoms with E-state index in [1.807, 2.05) is 30.3 Å². The zero-order valence-corrected chi connectivity index (χ0v) is 20.3. The second-order valence-electron chi connectivity index (χ2n) is 8.26. The molecule has 0 aliphatic heterocycles. The van der Waals surface area contributed by atoms with Gasteiger partial charge in [0.25, 0.3) is 5.91 Å². The fraction of sp³-hybridized carbons (Fsp3) is 0.143. The molecule has 1 atom stereocenters. The van der Waals surface area contributed by atoms with Crippen LogP contribution in [0.15, 0.2) is 96.5 Å². The number of carbonyl (C=O) groups is 2. The monoisotopic (exact) mass is 515 g/mol. The van der Waals surface area contributed by atoms with Gasteiger partial charge in [-0.05, 0) is 53.1 Å². The molecule has 10 heteroatoms. The van der Waals surface area contributed by atoms with Crippen LogP contribution < -0.4 is 15.5 Å². The molecule has 0 saturated carbocycles. The number of carbonyl (C=O) groups excluding carboxylic acids is 2. The van der Waals surface area contributed by atoms with Crippen molar-refractivity contribution >= 4 is 18.2 Å². The normalized spacial score (nSPS) is 11.6. The number of nitrogens with zero attached hydrogens (tertiary/aromatic N) is 2. The number of hydrogen-bond acceptors (Lipinski definition) is 6. The molecule has 2 amide bonds. The summed E-state index contributed by atoms with van der Waals surface area (Å²) in [5.41, 5.74) is 5.51. The lowest BCUT2D eigenvalue weighted by Crippen LogP contribution is -2.47. The number of hydrazone groups is 1. The van der Waals surface area contributed by atoms with Crippen molar-refractivity contribution in [2.75, 3.05) is 0 Å². The Labute approximate surface area is 218 Å². The number of imidazole rings is 1. The molecule has 9 nitrogen and oxygen atoms in total. The zero-order chi connectivity index (χ0) is 26.6. The second-order valence-corrected chi connectivity index (χ2v) is 8.26. The van der Waals surface area contributed by atoms with Crippen molar-refractivity contribution in [3.05, 3.63) is 120 Å². The maximum absolute atomic E-state index is 13.0. The third-order valence-electron chi connectivity index (χ3n) is 5.39. The number of hydrogen-bond donors (Lipinski definition) is 3. The van der Waals surface area contributed by atoms with Crippen molar-refractivity contribution < 1.29 is 23.5 Å². The molecule has 0 spiro atoms. The van der Waals surface area contributed by atoms with Gasteiger partial charge in [-0.25, -0.2) is 19.6 Å². The zero-order valence-electron chi connectivity index (χ0n) is 20.3. The Hall–Kier alpha value is -4.99. The average molecular weight is 516 g/mol. The Morgan fingerprint density at radius 1 is 0.974 bits per heavy atom. The molecule has 3 aromatic carbocycles. The molecule has 194 valence electrons. The fourth-order valence-corrected chi connectivity index (χ4v) is 3.38. The van der Waals surface area contributed by atoms with Gasteiger partial charge in [-0.1, -0.05) is 42.5 Å². The van der Waals surface area contributed by atoms with Gasteiger partial charge >= 0.3 is 6.09 Å². The number of amides is 2. The number of alkyl carbamates (subject to hydrolysis) is 1. The first kappa shape index (κ1) is 26.1. The van der Waals surface area contributed by atoms with Crippen molar-refractivity contribution in [1.29, 1.82) is 0 Å². The quantitative estimate of drug-likeness (QED) is 0.205. The van der Waals surface area contributed by atoms with Gasteiger partial charge in [0.15, 0.2) is 0 Å². The van der Waals surface area contributed by atoms with Gasteiger partial charge in [0.05, 0.1) is 12.5 Å². The van der Waals surface area contributed by atoms with Crippen molar-refractivity contribution in [2.24, 2.45) is 5.10 Å². The topological polar surface area (TPSA) is 118 Å². The molecule has 1 heterocycles. The largest absolute Gasteiger partial charge is 0.489 e. The number of H-pyrrole nitrogens is 1. The highest BCUT2D eigenvalue weighted by Crippen LogP contribution is 2.14. The van der Waals surface area contributed by atoms with Crippen LogP contribution in [0.25, 0.3) is 0 Å². The highest BCUT2D eigenvalue weighted by atomic mass is 19.1. The van der Waals surface area contributed by atoms with Crippen molar-refractivity contribution in [3.8, 4) is 5.75 Å². The van der Waals surface area contributed by atoms with E-state index in [2.05, 4.69) is 25.8 Å². The lowest BCUT2D eigenvalue weighted by Gasteiger charge is -2.16. The third-order valence-corrected chi connectivity index (χ3v) is 5.39. The minimum Gasteiger partial charge on any atom is -0.489 e. The highest BCUT2D eigenvalue weighted by Gasteiger charge is 2.22. The molecule has 0 unspecified atom stereocenters. The number of ether oxygens (including phenoxy) is 2. The predicted octanol–water partition coefficient (Wildman–Crippen LogP) is 4.12. The van der Waals surface area contributed by atoms with Crippen LogP contribution in [-0.2, 0) is 29.2 Å². The first-order valence-electron chi connectivity index (χ1n) is 11.8. The summed E-state index contributed by atoms with van der Waals surface area (Å²) in [5, 5.41) is 6.59. The first-order chi connectivity index (χ1) is 18.5. The Bertz CT molecular complexity index is 1330. The summed E-state index contributed by atoms with van der Waals surface area (Å²) in [4.78, 5) is 32.0. The van der Waals surface area contributed by atoms with E-state index in [-0.39, 0.29) is 18.8 Å². The van der Waals surface area contributed by atoms with Crippen molar-refractivity contribution in [3.63, 3.8) is 0 Å². The molecule has 38 heavy (non-hydrogen) atoms. The van der Waals surface area contributed by atoms with Gasteiger partial charge in [-0.15, -0.1) is 0 Å². The number of aromatic nitrogens is 2. The van der Waals surface area contributed by atoms with E-state index in [0.717, 1.165) is 16.7 Å². The molecule has 4 rings (SSSR count). The molecule has 0 bridgehead atoms. The smallest absolute Gasteiger partial charge is 0.408 e. The number of benzene rings is 3. The van der Waals surface area contributed by atoms with E-state index in [1.165, 1.54) is 24.7 Å². The van der Waals surface area contributed by atoms with E-state index in [1.54, 1.807) is 42.6 Å². The van der Waals surface area contributed by atoms with Crippen LogP contribution in [0, 0.1) is 5.82 Å². The van der Waals surface area contributed by atoms with E-state index >= 15 is 0 Å². The molecule has 1 aromatic heterocycles. The Kier molecular flexibility index (Phi) is 9.17. The van der Waals surface area contributed by atoms with Gasteiger partial charge in [0.1, 0.15) is 30.8 Å². The van der Waals surface area contributed by atoms with Crippen LogP contribution in [0.3, 0.4) is 0 Å². The summed E-state index contributed by atoms with van der Waals surface area (Å²) in [5.74, 6) is -0.184. The summed E-state index contributed by atoms with van der Waals surface area (Å²) >= 11 is 0. The summed E-state index contributed by atoms with van der Waals surface area (Å²) in [6, 6.07) is 21.4. The SMILES string of the molecule is O=C(N[C@H](Cc1cnc[nH]1)C(=O)N/N=C\c1ccc(OCc2ccc(F)cc2)cc1)OCc1ccccc1. The lowest BCUT2D eigenvalue weighted by molar-refractivity contribution is -0.123. The van der Waals surface area contributed by atoms with E-state index in [9.17, 15) is 14.0 Å². The molecule has 0 fully saturated rings. The maximum Gasteiger partial charge on any atom is 0.408 e. The second kappa shape index (κ2) is 13.4. The van der Waals surface area contributed by atoms with Crippen molar-refractivity contribution in [2.45, 2.75) is 25.7 Å². The fourth-order valence-electron chi connectivity index (χ4n) is 3.38. The van der Waals surface area contributed by atoms with Gasteiger partial charge in [0.2, 0.25) is 0 Å². The minimum absolute atomic E-state index is 0.0762. The van der Waals surface area contributed by atoms with Crippen molar-refractivity contribution in [1.82, 2.24) is 20.7 Å². The Balaban J connectivity index is 1.29. The standard InChI is InChI=1S/C28H26FN5O4/c29-23-10-6-22(7-11-23)17-37-25-12-8-20(9-13-25)15-32-34-27(35)26(14-24-16-30-19-31-24)33-28(36)38-18-21-4-2-1-3-5-21/h1-13,15-16,19,26H,14,17-18H2,(H,30,31)(H,33,36)(H,34,35)/b32-15-/t26-/m1/s1. The lowest BCUT2D eigenvalue weighted by atomic mass is 10.1. The molecule has 0 aliphatic rings. The first-order valence-corrected chi connectivity index (χ1v) is 11.8. The van der Waals surface area contributed by atoms with Crippen LogP contribution in [0.4, 0.5) is 9.18 Å². The maximum atomic E-state index is 13.0. The number of halogens is 1. The van der Waals surface area contributed by atoms with Gasteiger partial charge in [-0.3, -0.25) is 4.79 Å². The minimum atomic E-state index is -0.946. The summed E-state index contributed by atoms with van der Waals surface area (Å²) < 4.78 is 24.0. The van der Waals surface area contributed by atoms with E-state index in [0.29, 0.717) is 18.1 Å². The number of rotatable bonds is 11. The molecule has 0 saturated heterocycles. The van der Waals surface area contributed by atoms with Crippen LogP contribution in [0.5, 0.6) is 5.75 Å². The summed E-state index contributed by atoms with van der Waals surface area (Å²) in [6.45, 7) is 0.384. The summed E-state index contributed by atoms with van der Waals surface area (Å²) in [7, 11) is 0. The molecule has 3 N–H and O–H groups in total. The Morgan fingerprint density at radius 2 is 1.71 bits per heavy atom. The van der Waals surface area contributed by atoms with Crippen LogP contribution >= 0.6 is 0 Å². The highest BCUT2D eigenvalue weighted by molar-refractivity contribution is 5.87. The number of nitrogens with one attached hydrogen (secondary N) is 3. The number of aromatic amines is 1. The van der Waals surface area contributed by atoms with Gasteiger partial charge < -0.3 is 19.8 Å². The van der Waals surface area contributed by atoms with Gasteiger partial charge in [0, 0.05) is 18.3 Å². The van der Waals surface area contributed by atoms with E-state index < -0.39 is 18.0 Å². The molecular weight excluding hydrogens is 489 g/mol. The van der Waals surface area contributed by atoms with Crippen LogP contribution in [0.1, 0.15) is 22.4 Å². The molecule has 4 aromatic rings. The molecule has 0 aliphatic carbocycles. The molecule has 0 radical (unpaired) electrons. The Morgan fingerprint density at radius 3 is 2.42 bits per heavy atom. The average Bonchev–Trinajstić information content (AvgIpc) is 3.46. The van der Waals surface area contributed by atoms with Crippen LogP contribution in [0.2, 0.25) is 0 Å². The predicted molar refractivity (Wildman–Crippen MR) is 139 cm³/mol. The molecular formula is C28H26FN5O4. The van der Waals surface area contributed by atoms with Gasteiger partial charge in [-0.2, -0.15) is 5.10 Å². The third kappa shape index (κ3) is 8.30. The van der Waals surface area contributed by atoms with E-state index in [4.69, 9.17) is 9.47 Å². The summed E-state index contributed by atoms with van der Waals surface area (Å²) in [6.07, 6.45) is 3.97.